The third-order valence-corrected chi connectivity index (χ3v) is 3.19. The predicted octanol–water partition coefficient (Wildman–Crippen LogP) is 0.588. The van der Waals surface area contributed by atoms with E-state index >= 15 is 0 Å². The van der Waals surface area contributed by atoms with Crippen molar-refractivity contribution >= 4 is 35.8 Å². The highest BCUT2D eigenvalue weighted by molar-refractivity contribution is 14.0. The lowest BCUT2D eigenvalue weighted by atomic mass is 10.4. The van der Waals surface area contributed by atoms with E-state index in [1.165, 1.54) is 0 Å². The van der Waals surface area contributed by atoms with Crippen molar-refractivity contribution in [3.8, 4) is 0 Å². The number of rotatable bonds is 9. The van der Waals surface area contributed by atoms with Crippen LogP contribution in [0.25, 0.3) is 0 Å². The molecular weight excluding hydrogens is 423 g/mol. The Labute approximate surface area is 161 Å². The summed E-state index contributed by atoms with van der Waals surface area (Å²) >= 11 is 0. The number of nitrogens with zero attached hydrogens (tertiary/aromatic N) is 4. The molecule has 0 atom stereocenters. The molecule has 1 aromatic heterocycles. The fourth-order valence-corrected chi connectivity index (χ4v) is 1.73. The molecule has 0 unspecified atom stereocenters. The third kappa shape index (κ3) is 9.06. The highest BCUT2D eigenvalue weighted by Gasteiger charge is 2.06. The summed E-state index contributed by atoms with van der Waals surface area (Å²) in [6.07, 6.45) is 2.62. The Bertz CT molecular complexity index is 504. The van der Waals surface area contributed by atoms with Gasteiger partial charge in [-0.25, -0.2) is 4.99 Å². The summed E-state index contributed by atoms with van der Waals surface area (Å²) in [6, 6.07) is 1.92. The summed E-state index contributed by atoms with van der Waals surface area (Å²) in [4.78, 5) is 17.7. The molecule has 138 valence electrons. The topological polar surface area (TPSA) is 83.8 Å². The van der Waals surface area contributed by atoms with Gasteiger partial charge in [0.05, 0.1) is 18.8 Å². The van der Waals surface area contributed by atoms with Gasteiger partial charge in [-0.1, -0.05) is 0 Å². The van der Waals surface area contributed by atoms with Crippen molar-refractivity contribution in [3.05, 3.63) is 18.0 Å². The zero-order valence-corrected chi connectivity index (χ0v) is 17.2. The van der Waals surface area contributed by atoms with E-state index in [1.54, 1.807) is 29.9 Å². The van der Waals surface area contributed by atoms with Gasteiger partial charge in [-0.3, -0.25) is 9.48 Å². The van der Waals surface area contributed by atoms with Gasteiger partial charge in [0.2, 0.25) is 5.91 Å². The van der Waals surface area contributed by atoms with Crippen molar-refractivity contribution < 1.29 is 9.53 Å². The minimum atomic E-state index is -0.00523. The van der Waals surface area contributed by atoms with E-state index < -0.39 is 0 Å². The Kier molecular flexibility index (Phi) is 12.3. The number of guanidine groups is 1. The Balaban J connectivity index is 0.00000529. The maximum Gasteiger partial charge on any atom is 0.241 e. The number of ether oxygens (including phenoxy) is 1. The molecule has 0 bridgehead atoms. The normalized spacial score (nSPS) is 10.9. The van der Waals surface area contributed by atoms with Crippen molar-refractivity contribution in [2.45, 2.75) is 19.9 Å². The van der Waals surface area contributed by atoms with Crippen LogP contribution in [0.5, 0.6) is 0 Å². The molecule has 1 heterocycles. The van der Waals surface area contributed by atoms with Gasteiger partial charge in [-0.2, -0.15) is 5.10 Å². The van der Waals surface area contributed by atoms with E-state index in [2.05, 4.69) is 20.7 Å². The zero-order valence-electron chi connectivity index (χ0n) is 14.9. The monoisotopic (exact) mass is 452 g/mol. The van der Waals surface area contributed by atoms with E-state index in [0.717, 1.165) is 25.3 Å². The number of hydrogen-bond donors (Lipinski definition) is 2. The summed E-state index contributed by atoms with van der Waals surface area (Å²) in [7, 11) is 5.33. The highest BCUT2D eigenvalue weighted by atomic mass is 127. The summed E-state index contributed by atoms with van der Waals surface area (Å²) < 4.78 is 7.09. The molecule has 0 saturated heterocycles. The Morgan fingerprint density at radius 2 is 2.17 bits per heavy atom. The number of halogens is 1. The van der Waals surface area contributed by atoms with Gasteiger partial charge < -0.3 is 20.3 Å². The summed E-state index contributed by atoms with van der Waals surface area (Å²) in [5.41, 5.74) is 0.999. The molecular formula is C15H29IN6O2. The average Bonchev–Trinajstić information content (AvgIpc) is 2.93. The first-order valence-corrected chi connectivity index (χ1v) is 7.81. The number of aryl methyl sites for hydroxylation is 1. The first kappa shape index (κ1) is 22.6. The molecule has 1 aromatic rings. The smallest absolute Gasteiger partial charge is 0.241 e. The van der Waals surface area contributed by atoms with Crippen LogP contribution in [0.3, 0.4) is 0 Å². The third-order valence-electron chi connectivity index (χ3n) is 3.19. The van der Waals surface area contributed by atoms with Gasteiger partial charge in [0.1, 0.15) is 0 Å². The van der Waals surface area contributed by atoms with Crippen LogP contribution in [0, 0.1) is 0 Å². The van der Waals surface area contributed by atoms with Gasteiger partial charge in [0.15, 0.2) is 5.96 Å². The number of hydrogen-bond acceptors (Lipinski definition) is 4. The van der Waals surface area contributed by atoms with Crippen LogP contribution in [0.4, 0.5) is 0 Å². The Hall–Kier alpha value is -1.36. The average molecular weight is 452 g/mol. The van der Waals surface area contributed by atoms with E-state index in [0.29, 0.717) is 19.1 Å². The Morgan fingerprint density at radius 1 is 1.42 bits per heavy atom. The van der Waals surface area contributed by atoms with Crippen molar-refractivity contribution in [2.75, 3.05) is 40.4 Å². The number of carbonyl (C=O) groups excluding carboxylic acids is 1. The molecule has 1 amide bonds. The van der Waals surface area contributed by atoms with Crippen LogP contribution in [0.2, 0.25) is 0 Å². The second-order valence-corrected chi connectivity index (χ2v) is 5.23. The molecule has 2 N–H and O–H groups in total. The lowest BCUT2D eigenvalue weighted by molar-refractivity contribution is -0.127. The number of aromatic nitrogens is 2. The summed E-state index contributed by atoms with van der Waals surface area (Å²) in [6.45, 7) is 4.82. The summed E-state index contributed by atoms with van der Waals surface area (Å²) in [5, 5.41) is 10.4. The highest BCUT2D eigenvalue weighted by Crippen LogP contribution is 1.98. The standard InChI is InChI=1S/C15H28N6O2.HI/c1-5-23-10-6-8-16-15(18-12-14(22)20(2)3)17-11-13-7-9-19-21(13)4;/h7,9H,5-6,8,10-12H2,1-4H3,(H2,16,17,18);1H. The maximum atomic E-state index is 11.7. The zero-order chi connectivity index (χ0) is 17.1. The van der Waals surface area contributed by atoms with Gasteiger partial charge in [0, 0.05) is 47.1 Å². The van der Waals surface area contributed by atoms with Gasteiger partial charge in [0.25, 0.3) is 0 Å². The lowest BCUT2D eigenvalue weighted by Crippen LogP contribution is -2.43. The molecule has 8 nitrogen and oxygen atoms in total. The molecule has 0 saturated carbocycles. The molecule has 0 aliphatic rings. The second-order valence-electron chi connectivity index (χ2n) is 5.23. The van der Waals surface area contributed by atoms with E-state index in [-0.39, 0.29) is 36.4 Å². The molecule has 0 radical (unpaired) electrons. The molecule has 1 rings (SSSR count). The lowest BCUT2D eigenvalue weighted by Gasteiger charge is -2.15. The molecule has 0 aromatic carbocycles. The van der Waals surface area contributed by atoms with Crippen LogP contribution in [-0.2, 0) is 23.1 Å². The number of aliphatic imine (C=N–C) groups is 1. The maximum absolute atomic E-state index is 11.7. The van der Waals surface area contributed by atoms with Crippen molar-refractivity contribution in [1.29, 1.82) is 0 Å². The molecule has 9 heteroatoms. The van der Waals surface area contributed by atoms with Crippen molar-refractivity contribution in [2.24, 2.45) is 12.0 Å². The van der Waals surface area contributed by atoms with Crippen LogP contribution in [0.15, 0.2) is 17.3 Å². The van der Waals surface area contributed by atoms with Gasteiger partial charge in [-0.15, -0.1) is 24.0 Å². The van der Waals surface area contributed by atoms with E-state index in [4.69, 9.17) is 4.74 Å². The van der Waals surface area contributed by atoms with Crippen molar-refractivity contribution in [1.82, 2.24) is 25.3 Å². The van der Waals surface area contributed by atoms with E-state index in [1.807, 2.05) is 20.0 Å². The predicted molar refractivity (Wildman–Crippen MR) is 106 cm³/mol. The first-order chi connectivity index (χ1) is 11.0. The molecule has 0 spiro atoms. The van der Waals surface area contributed by atoms with Crippen molar-refractivity contribution in [3.63, 3.8) is 0 Å². The number of nitrogens with one attached hydrogen (secondary N) is 2. The minimum absolute atomic E-state index is 0. The van der Waals surface area contributed by atoms with Gasteiger partial charge in [-0.05, 0) is 19.4 Å². The quantitative estimate of drug-likeness (QED) is 0.248. The first-order valence-electron chi connectivity index (χ1n) is 7.81. The van der Waals surface area contributed by atoms with Crippen LogP contribution < -0.4 is 10.6 Å². The van der Waals surface area contributed by atoms with E-state index in [9.17, 15) is 4.79 Å². The van der Waals surface area contributed by atoms with Crippen LogP contribution in [0.1, 0.15) is 19.0 Å². The molecule has 0 aliphatic carbocycles. The summed E-state index contributed by atoms with van der Waals surface area (Å²) in [5.74, 6) is 0.604. The number of likely N-dealkylation sites (N-methyl/N-ethyl adjacent to an activating group) is 1. The van der Waals surface area contributed by atoms with Gasteiger partial charge >= 0.3 is 0 Å². The fourth-order valence-electron chi connectivity index (χ4n) is 1.73. The largest absolute Gasteiger partial charge is 0.382 e. The van der Waals surface area contributed by atoms with Crippen LogP contribution in [-0.4, -0.2) is 66.9 Å². The number of amides is 1. The number of carbonyl (C=O) groups is 1. The second kappa shape index (κ2) is 13.0. The SMILES string of the molecule is CCOCCCNC(=NCc1ccnn1C)NCC(=O)N(C)C.I. The molecule has 0 fully saturated rings. The minimum Gasteiger partial charge on any atom is -0.382 e. The molecule has 24 heavy (non-hydrogen) atoms. The van der Waals surface area contributed by atoms with Crippen LogP contribution >= 0.6 is 24.0 Å². The fraction of sp³-hybridized carbons (Fsp3) is 0.667. The molecule has 0 aliphatic heterocycles. The Morgan fingerprint density at radius 3 is 2.75 bits per heavy atom.